The number of fused-ring (bicyclic) bond motifs is 6. The number of pyridine rings is 2. The van der Waals surface area contributed by atoms with Gasteiger partial charge in [-0.15, -0.1) is 0 Å². The van der Waals surface area contributed by atoms with Gasteiger partial charge < -0.3 is 4.42 Å². The summed E-state index contributed by atoms with van der Waals surface area (Å²) in [5.74, 6) is 0. The van der Waals surface area contributed by atoms with Crippen molar-refractivity contribution in [2.75, 3.05) is 0 Å². The van der Waals surface area contributed by atoms with Gasteiger partial charge in [-0.25, -0.2) is 0 Å². The Morgan fingerprint density at radius 2 is 1.73 bits per heavy atom. The Morgan fingerprint density at radius 1 is 0.867 bits per heavy atom. The first kappa shape index (κ1) is 17.4. The molecule has 146 valence electrons. The molecular weight excluding hydrogens is 368 g/mol. The van der Waals surface area contributed by atoms with Gasteiger partial charge in [0.2, 0.25) is 0 Å². The summed E-state index contributed by atoms with van der Waals surface area (Å²) in [5.41, 5.74) is 10.9. The van der Waals surface area contributed by atoms with Crippen molar-refractivity contribution in [1.29, 1.82) is 0 Å². The zero-order valence-corrected chi connectivity index (χ0v) is 17.6. The molecule has 0 aliphatic heterocycles. The van der Waals surface area contributed by atoms with E-state index in [1.54, 1.807) is 0 Å². The molecule has 0 spiro atoms. The molecule has 3 heteroatoms. The molecule has 0 atom stereocenters. The van der Waals surface area contributed by atoms with Gasteiger partial charge in [0.1, 0.15) is 11.2 Å². The van der Waals surface area contributed by atoms with E-state index in [9.17, 15) is 0 Å². The van der Waals surface area contributed by atoms with Gasteiger partial charge in [0.15, 0.2) is 0 Å². The number of benzene rings is 2. The molecule has 3 heterocycles. The standard InChI is InChI=1S/C27H22N2O/c1-15-7-10-22(29-14-15)24-16(2)8-9-17-20-12-19-18-6-5-11-28-26(18)27(3,4)21(19)13-23(20)30-25(17)24/h5-14H,1-4H3. The Morgan fingerprint density at radius 3 is 2.53 bits per heavy atom. The van der Waals surface area contributed by atoms with E-state index in [1.165, 1.54) is 22.3 Å². The number of hydrogen-bond acceptors (Lipinski definition) is 3. The first-order valence-corrected chi connectivity index (χ1v) is 10.3. The molecule has 1 aliphatic rings. The van der Waals surface area contributed by atoms with Crippen LogP contribution in [0.25, 0.3) is 44.3 Å². The van der Waals surface area contributed by atoms with Gasteiger partial charge in [0.05, 0.1) is 11.4 Å². The van der Waals surface area contributed by atoms with Gasteiger partial charge in [-0.3, -0.25) is 9.97 Å². The van der Waals surface area contributed by atoms with Gasteiger partial charge in [0, 0.05) is 39.7 Å². The maximum Gasteiger partial charge on any atom is 0.145 e. The normalized spacial score (nSPS) is 14.3. The SMILES string of the molecule is Cc1ccc(-c2c(C)ccc3c2oc2cc4c(cc23)-c2cccnc2C4(C)C)nc1. The highest BCUT2D eigenvalue weighted by atomic mass is 16.3. The topological polar surface area (TPSA) is 38.9 Å². The fraction of sp³-hybridized carbons (Fsp3) is 0.185. The van der Waals surface area contributed by atoms with Crippen molar-refractivity contribution in [1.82, 2.24) is 9.97 Å². The molecule has 0 unspecified atom stereocenters. The Hall–Kier alpha value is -3.46. The third-order valence-corrected chi connectivity index (χ3v) is 6.52. The number of rotatable bonds is 1. The van der Waals surface area contributed by atoms with Gasteiger partial charge in [0.25, 0.3) is 0 Å². The zero-order valence-electron chi connectivity index (χ0n) is 17.6. The van der Waals surface area contributed by atoms with E-state index in [-0.39, 0.29) is 5.41 Å². The quantitative estimate of drug-likeness (QED) is 0.310. The third kappa shape index (κ3) is 2.20. The van der Waals surface area contributed by atoms with Crippen LogP contribution in [-0.4, -0.2) is 9.97 Å². The van der Waals surface area contributed by atoms with Crippen LogP contribution in [0, 0.1) is 13.8 Å². The molecule has 0 saturated carbocycles. The minimum absolute atomic E-state index is 0.143. The smallest absolute Gasteiger partial charge is 0.145 e. The van der Waals surface area contributed by atoms with Crippen LogP contribution >= 0.6 is 0 Å². The summed E-state index contributed by atoms with van der Waals surface area (Å²) in [6.45, 7) is 8.66. The predicted molar refractivity (Wildman–Crippen MR) is 122 cm³/mol. The van der Waals surface area contributed by atoms with Crippen molar-refractivity contribution >= 4 is 21.9 Å². The molecule has 6 rings (SSSR count). The van der Waals surface area contributed by atoms with Gasteiger partial charge in [-0.05, 0) is 60.4 Å². The lowest BCUT2D eigenvalue weighted by atomic mass is 9.85. The minimum atomic E-state index is -0.143. The van der Waals surface area contributed by atoms with Crippen molar-refractivity contribution < 1.29 is 4.42 Å². The summed E-state index contributed by atoms with van der Waals surface area (Å²) in [5, 5.41) is 2.27. The van der Waals surface area contributed by atoms with Crippen LogP contribution in [0.2, 0.25) is 0 Å². The number of aryl methyl sites for hydroxylation is 2. The van der Waals surface area contributed by atoms with Crippen LogP contribution in [0.3, 0.4) is 0 Å². The third-order valence-electron chi connectivity index (χ3n) is 6.52. The maximum absolute atomic E-state index is 6.51. The van der Waals surface area contributed by atoms with Crippen LogP contribution in [0.1, 0.15) is 36.2 Å². The minimum Gasteiger partial charge on any atom is -0.455 e. The second-order valence-electron chi connectivity index (χ2n) is 8.88. The molecule has 0 saturated heterocycles. The largest absolute Gasteiger partial charge is 0.455 e. The highest BCUT2D eigenvalue weighted by Gasteiger charge is 2.37. The molecule has 0 radical (unpaired) electrons. The number of aromatic nitrogens is 2. The predicted octanol–water partition coefficient (Wildman–Crippen LogP) is 6.97. The van der Waals surface area contributed by atoms with Crippen LogP contribution in [0.5, 0.6) is 0 Å². The second-order valence-corrected chi connectivity index (χ2v) is 8.88. The van der Waals surface area contributed by atoms with Crippen molar-refractivity contribution in [3.63, 3.8) is 0 Å². The van der Waals surface area contributed by atoms with E-state index < -0.39 is 0 Å². The molecule has 2 aromatic carbocycles. The fourth-order valence-corrected chi connectivity index (χ4v) is 4.91. The average molecular weight is 390 g/mol. The van der Waals surface area contributed by atoms with Crippen molar-refractivity contribution in [2.45, 2.75) is 33.1 Å². The molecule has 0 amide bonds. The Bertz CT molecular complexity index is 1470. The average Bonchev–Trinajstić information content (AvgIpc) is 3.21. The van der Waals surface area contributed by atoms with Crippen molar-refractivity contribution in [2.24, 2.45) is 0 Å². The summed E-state index contributed by atoms with van der Waals surface area (Å²) >= 11 is 0. The lowest BCUT2D eigenvalue weighted by Gasteiger charge is -2.19. The van der Waals surface area contributed by atoms with Gasteiger partial charge in [-0.1, -0.05) is 38.1 Å². The van der Waals surface area contributed by atoms with E-state index in [1.807, 2.05) is 18.5 Å². The van der Waals surface area contributed by atoms with E-state index in [0.717, 1.165) is 44.5 Å². The molecular formula is C27H22N2O. The summed E-state index contributed by atoms with van der Waals surface area (Å²) in [6, 6.07) is 17.2. The van der Waals surface area contributed by atoms with Crippen molar-refractivity contribution in [3.05, 3.63) is 83.3 Å². The number of furan rings is 1. The molecule has 3 nitrogen and oxygen atoms in total. The van der Waals surface area contributed by atoms with Gasteiger partial charge in [-0.2, -0.15) is 0 Å². The van der Waals surface area contributed by atoms with Crippen LogP contribution in [-0.2, 0) is 5.41 Å². The lowest BCUT2D eigenvalue weighted by molar-refractivity contribution is 0.631. The Labute approximate surface area is 175 Å². The van der Waals surface area contributed by atoms with Gasteiger partial charge >= 0.3 is 0 Å². The maximum atomic E-state index is 6.51. The first-order chi connectivity index (χ1) is 14.4. The highest BCUT2D eigenvalue weighted by Crippen LogP contribution is 2.50. The highest BCUT2D eigenvalue weighted by molar-refractivity contribution is 6.11. The van der Waals surface area contributed by atoms with Crippen molar-refractivity contribution in [3.8, 4) is 22.4 Å². The summed E-state index contributed by atoms with van der Waals surface area (Å²) in [4.78, 5) is 9.37. The summed E-state index contributed by atoms with van der Waals surface area (Å²) in [6.07, 6.45) is 3.80. The molecule has 3 aromatic heterocycles. The number of hydrogen-bond donors (Lipinski definition) is 0. The fourth-order valence-electron chi connectivity index (χ4n) is 4.91. The lowest BCUT2D eigenvalue weighted by Crippen LogP contribution is -2.16. The van der Waals surface area contributed by atoms with Crippen LogP contribution in [0.4, 0.5) is 0 Å². The molecule has 0 fully saturated rings. The molecule has 30 heavy (non-hydrogen) atoms. The second kappa shape index (κ2) is 5.79. The molecule has 0 N–H and O–H groups in total. The first-order valence-electron chi connectivity index (χ1n) is 10.3. The zero-order chi connectivity index (χ0) is 20.6. The van der Waals surface area contributed by atoms with E-state index in [0.29, 0.717) is 0 Å². The van der Waals surface area contributed by atoms with E-state index >= 15 is 0 Å². The summed E-state index contributed by atoms with van der Waals surface area (Å²) < 4.78 is 6.51. The monoisotopic (exact) mass is 390 g/mol. The molecule has 5 aromatic rings. The van der Waals surface area contributed by atoms with E-state index in [2.05, 4.69) is 75.1 Å². The molecule has 0 bridgehead atoms. The van der Waals surface area contributed by atoms with E-state index in [4.69, 9.17) is 9.40 Å². The Balaban J connectivity index is 1.69. The summed E-state index contributed by atoms with van der Waals surface area (Å²) in [7, 11) is 0. The number of nitrogens with zero attached hydrogens (tertiary/aromatic N) is 2. The Kier molecular flexibility index (Phi) is 3.36. The van der Waals surface area contributed by atoms with Crippen LogP contribution < -0.4 is 0 Å². The van der Waals surface area contributed by atoms with Crippen LogP contribution in [0.15, 0.2) is 65.3 Å². The molecule has 1 aliphatic carbocycles.